The minimum absolute atomic E-state index is 0.151. The Balaban J connectivity index is 1.54. The fourth-order valence-corrected chi connectivity index (χ4v) is 3.98. The second-order valence-corrected chi connectivity index (χ2v) is 7.79. The lowest BCUT2D eigenvalue weighted by molar-refractivity contribution is -0.152. The Morgan fingerprint density at radius 2 is 1.93 bits per heavy atom. The maximum Gasteiger partial charge on any atom is 0.276 e. The topological polar surface area (TPSA) is 54.3 Å². The van der Waals surface area contributed by atoms with Crippen LogP contribution in [0.1, 0.15) is 12.8 Å². The van der Waals surface area contributed by atoms with E-state index < -0.39 is 43.2 Å². The highest BCUT2D eigenvalue weighted by Crippen LogP contribution is 2.39. The molecule has 0 spiro atoms. The molecule has 4 rings (SSSR count). The molecule has 29 heavy (non-hydrogen) atoms. The Morgan fingerprint density at radius 3 is 2.55 bits per heavy atom. The van der Waals surface area contributed by atoms with Gasteiger partial charge in [-0.25, -0.2) is 22.2 Å². The van der Waals surface area contributed by atoms with Gasteiger partial charge in [0, 0.05) is 31.9 Å². The normalized spacial score (nSPS) is 23.4. The lowest BCUT2D eigenvalue weighted by Crippen LogP contribution is -2.54. The van der Waals surface area contributed by atoms with Gasteiger partial charge in [-0.2, -0.15) is 5.10 Å². The summed E-state index contributed by atoms with van der Waals surface area (Å²) >= 11 is 5.90. The van der Waals surface area contributed by atoms with Gasteiger partial charge >= 0.3 is 0 Å². The number of amides is 1. The largest absolute Gasteiger partial charge is 0.362 e. The highest BCUT2D eigenvalue weighted by molar-refractivity contribution is 6.30. The minimum Gasteiger partial charge on any atom is -0.362 e. The first kappa shape index (κ1) is 19.9. The Labute approximate surface area is 169 Å². The van der Waals surface area contributed by atoms with E-state index in [0.29, 0.717) is 16.4 Å². The van der Waals surface area contributed by atoms with Crippen LogP contribution >= 0.6 is 11.6 Å². The van der Waals surface area contributed by atoms with Crippen LogP contribution in [-0.4, -0.2) is 63.6 Å². The summed E-state index contributed by atoms with van der Waals surface area (Å²) in [5.74, 6) is -8.91. The Kier molecular flexibility index (Phi) is 4.92. The molecular formula is C18H18ClF4N5O. The van der Waals surface area contributed by atoms with E-state index in [4.69, 9.17) is 11.6 Å². The van der Waals surface area contributed by atoms with Crippen LogP contribution in [0, 0.1) is 5.92 Å². The monoisotopic (exact) mass is 431 g/mol. The zero-order chi connectivity index (χ0) is 20.8. The predicted octanol–water partition coefficient (Wildman–Crippen LogP) is 3.25. The van der Waals surface area contributed by atoms with Gasteiger partial charge in [-0.1, -0.05) is 11.6 Å². The van der Waals surface area contributed by atoms with E-state index in [1.54, 1.807) is 12.3 Å². The quantitative estimate of drug-likeness (QED) is 0.700. The smallest absolute Gasteiger partial charge is 0.276 e. The summed E-state index contributed by atoms with van der Waals surface area (Å²) in [7, 11) is 0. The first-order valence-corrected chi connectivity index (χ1v) is 9.48. The summed E-state index contributed by atoms with van der Waals surface area (Å²) in [4.78, 5) is 18.8. The maximum atomic E-state index is 14.9. The van der Waals surface area contributed by atoms with Crippen molar-refractivity contribution in [2.75, 3.05) is 31.1 Å². The lowest BCUT2D eigenvalue weighted by atomic mass is 9.91. The molecule has 2 aliphatic heterocycles. The van der Waals surface area contributed by atoms with Crippen molar-refractivity contribution in [3.8, 4) is 5.69 Å². The van der Waals surface area contributed by atoms with Gasteiger partial charge in [-0.15, -0.1) is 0 Å². The number of hydrogen-bond acceptors (Lipinski definition) is 4. The van der Waals surface area contributed by atoms with E-state index in [1.165, 1.54) is 28.2 Å². The number of likely N-dealkylation sites (tertiary alicyclic amines) is 1. The van der Waals surface area contributed by atoms with Crippen molar-refractivity contribution in [1.29, 1.82) is 0 Å². The molecule has 1 atom stereocenters. The molecule has 0 aliphatic carbocycles. The van der Waals surface area contributed by atoms with Crippen LogP contribution in [0.15, 0.2) is 30.9 Å². The lowest BCUT2D eigenvalue weighted by Gasteiger charge is -2.40. The molecule has 2 saturated heterocycles. The molecule has 4 heterocycles. The number of hydrogen-bond donors (Lipinski definition) is 0. The Bertz CT molecular complexity index is 921. The van der Waals surface area contributed by atoms with Crippen molar-refractivity contribution < 1.29 is 22.4 Å². The van der Waals surface area contributed by atoms with Crippen LogP contribution in [0.3, 0.4) is 0 Å². The third kappa shape index (κ3) is 3.90. The van der Waals surface area contributed by atoms with Gasteiger partial charge in [0.15, 0.2) is 0 Å². The zero-order valence-electron chi connectivity index (χ0n) is 15.2. The SMILES string of the molecule is O=C(C1CCN(c2cnccc2-n2cc(Cl)cn2)CC1(F)F)N1CCC(F)(F)C1. The van der Waals surface area contributed by atoms with Gasteiger partial charge in [-0.3, -0.25) is 9.78 Å². The third-order valence-corrected chi connectivity index (χ3v) is 5.49. The number of halogens is 5. The Morgan fingerprint density at radius 1 is 1.14 bits per heavy atom. The Hall–Kier alpha value is -2.36. The van der Waals surface area contributed by atoms with Gasteiger partial charge in [0.1, 0.15) is 5.92 Å². The average molecular weight is 432 g/mol. The molecule has 2 aliphatic rings. The molecule has 0 aromatic carbocycles. The number of carbonyl (C=O) groups excluding carboxylic acids is 1. The van der Waals surface area contributed by atoms with Crippen LogP contribution in [0.2, 0.25) is 5.02 Å². The summed E-state index contributed by atoms with van der Waals surface area (Å²) in [5.41, 5.74) is 0.942. The summed E-state index contributed by atoms with van der Waals surface area (Å²) in [6, 6.07) is 1.63. The fourth-order valence-electron chi connectivity index (χ4n) is 3.84. The standard InChI is InChI=1S/C18H18ClF4N5O/c19-12-7-25-28(9-12)14-1-4-24-8-15(14)26-5-2-13(18(22,23)11-26)16(29)27-6-3-17(20,21)10-27/h1,4,7-9,13H,2-3,5-6,10-11H2. The van der Waals surface area contributed by atoms with Crippen LogP contribution < -0.4 is 4.90 Å². The third-order valence-electron chi connectivity index (χ3n) is 5.29. The van der Waals surface area contributed by atoms with Crippen molar-refractivity contribution in [1.82, 2.24) is 19.7 Å². The van der Waals surface area contributed by atoms with E-state index in [2.05, 4.69) is 10.1 Å². The first-order valence-electron chi connectivity index (χ1n) is 9.10. The van der Waals surface area contributed by atoms with Crippen molar-refractivity contribution in [2.24, 2.45) is 5.92 Å². The number of pyridine rings is 1. The van der Waals surface area contributed by atoms with Crippen LogP contribution in [0.25, 0.3) is 5.69 Å². The van der Waals surface area contributed by atoms with Crippen molar-refractivity contribution in [3.63, 3.8) is 0 Å². The number of nitrogens with zero attached hydrogens (tertiary/aromatic N) is 5. The molecule has 11 heteroatoms. The number of anilines is 1. The summed E-state index contributed by atoms with van der Waals surface area (Å²) in [6.07, 6.45) is 5.29. The highest BCUT2D eigenvalue weighted by atomic mass is 35.5. The van der Waals surface area contributed by atoms with Gasteiger partial charge < -0.3 is 9.80 Å². The summed E-state index contributed by atoms with van der Waals surface area (Å²) in [5, 5.41) is 4.49. The predicted molar refractivity (Wildman–Crippen MR) is 97.8 cm³/mol. The van der Waals surface area contributed by atoms with Gasteiger partial charge in [0.25, 0.3) is 11.8 Å². The first-order chi connectivity index (χ1) is 13.7. The van der Waals surface area contributed by atoms with E-state index in [-0.39, 0.29) is 19.5 Å². The van der Waals surface area contributed by atoms with Crippen molar-refractivity contribution in [3.05, 3.63) is 35.9 Å². The second-order valence-electron chi connectivity index (χ2n) is 7.36. The van der Waals surface area contributed by atoms with E-state index >= 15 is 0 Å². The molecular weight excluding hydrogens is 414 g/mol. The zero-order valence-corrected chi connectivity index (χ0v) is 16.0. The van der Waals surface area contributed by atoms with Gasteiger partial charge in [0.2, 0.25) is 5.91 Å². The van der Waals surface area contributed by atoms with Crippen LogP contribution in [0.4, 0.5) is 23.2 Å². The van der Waals surface area contributed by atoms with Crippen molar-refractivity contribution in [2.45, 2.75) is 24.7 Å². The number of rotatable bonds is 3. The maximum absolute atomic E-state index is 14.9. The fraction of sp³-hybridized carbons (Fsp3) is 0.500. The second kappa shape index (κ2) is 7.16. The summed E-state index contributed by atoms with van der Waals surface area (Å²) < 4.78 is 58.0. The molecule has 0 radical (unpaired) electrons. The molecule has 6 nitrogen and oxygen atoms in total. The molecule has 156 valence electrons. The molecule has 1 amide bonds. The molecule has 0 N–H and O–H groups in total. The molecule has 0 bridgehead atoms. The average Bonchev–Trinajstić information content (AvgIpc) is 3.25. The van der Waals surface area contributed by atoms with Crippen LogP contribution in [0.5, 0.6) is 0 Å². The molecule has 1 unspecified atom stereocenters. The summed E-state index contributed by atoms with van der Waals surface area (Å²) in [6.45, 7) is -1.56. The van der Waals surface area contributed by atoms with Gasteiger partial charge in [-0.05, 0) is 12.5 Å². The van der Waals surface area contributed by atoms with E-state index in [1.807, 2.05) is 0 Å². The number of alkyl halides is 4. The number of aromatic nitrogens is 3. The molecule has 0 saturated carbocycles. The van der Waals surface area contributed by atoms with E-state index in [9.17, 15) is 22.4 Å². The number of carbonyl (C=O) groups is 1. The van der Waals surface area contributed by atoms with Gasteiger partial charge in [0.05, 0.1) is 41.9 Å². The van der Waals surface area contributed by atoms with Crippen molar-refractivity contribution >= 4 is 23.2 Å². The highest BCUT2D eigenvalue weighted by Gasteiger charge is 2.52. The minimum atomic E-state index is -3.37. The van der Waals surface area contributed by atoms with E-state index in [0.717, 1.165) is 4.90 Å². The molecule has 2 fully saturated rings. The van der Waals surface area contributed by atoms with Crippen LogP contribution in [-0.2, 0) is 4.79 Å². The molecule has 2 aromatic heterocycles. The number of piperidine rings is 1. The molecule has 2 aromatic rings.